The molecular formula is C7H11N3O3S. The van der Waals surface area contributed by atoms with Crippen LogP contribution in [0, 0.1) is 0 Å². The molecule has 0 aromatic heterocycles. The monoisotopic (exact) mass is 217 g/mol. The second kappa shape index (κ2) is 3.82. The second-order valence-corrected chi connectivity index (χ2v) is 4.11. The molecule has 0 atom stereocenters. The first kappa shape index (κ1) is 10.8. The van der Waals surface area contributed by atoms with E-state index in [1.165, 1.54) is 25.3 Å². The van der Waals surface area contributed by atoms with Crippen LogP contribution in [-0.2, 0) is 10.0 Å². The van der Waals surface area contributed by atoms with Crippen LogP contribution in [0.5, 0.6) is 5.75 Å². The van der Waals surface area contributed by atoms with Crippen molar-refractivity contribution in [1.29, 1.82) is 0 Å². The third-order valence-electron chi connectivity index (χ3n) is 1.66. The molecule has 0 heterocycles. The van der Waals surface area contributed by atoms with E-state index in [-0.39, 0.29) is 4.90 Å². The molecule has 1 aromatic carbocycles. The molecule has 0 amide bonds. The standard InChI is InChI=1S/C7H11N3O3S/c1-13-7-4-5(14(9,11)12)2-3-6(7)10-8/h2-4,10H,8H2,1H3,(H2,9,11,12). The Kier molecular flexibility index (Phi) is 2.94. The average molecular weight is 217 g/mol. The van der Waals surface area contributed by atoms with Crippen LogP contribution in [0.4, 0.5) is 5.69 Å². The zero-order valence-electron chi connectivity index (χ0n) is 7.52. The van der Waals surface area contributed by atoms with Crippen LogP contribution >= 0.6 is 0 Å². The molecule has 7 heteroatoms. The number of benzene rings is 1. The molecule has 0 saturated carbocycles. The Hall–Kier alpha value is -1.31. The largest absolute Gasteiger partial charge is 0.494 e. The van der Waals surface area contributed by atoms with Crippen molar-refractivity contribution in [2.45, 2.75) is 4.90 Å². The minimum Gasteiger partial charge on any atom is -0.494 e. The van der Waals surface area contributed by atoms with E-state index >= 15 is 0 Å². The van der Waals surface area contributed by atoms with Crippen molar-refractivity contribution >= 4 is 15.7 Å². The van der Waals surface area contributed by atoms with Gasteiger partial charge in [-0.15, -0.1) is 0 Å². The summed E-state index contributed by atoms with van der Waals surface area (Å²) in [5, 5.41) is 4.94. The van der Waals surface area contributed by atoms with Crippen LogP contribution in [0.25, 0.3) is 0 Å². The number of ether oxygens (including phenoxy) is 1. The van der Waals surface area contributed by atoms with E-state index < -0.39 is 10.0 Å². The summed E-state index contributed by atoms with van der Waals surface area (Å²) in [5.41, 5.74) is 2.85. The molecule has 1 rings (SSSR count). The van der Waals surface area contributed by atoms with Gasteiger partial charge < -0.3 is 10.2 Å². The Labute approximate surface area is 81.9 Å². The summed E-state index contributed by atoms with van der Waals surface area (Å²) in [6.45, 7) is 0. The van der Waals surface area contributed by atoms with Crippen molar-refractivity contribution < 1.29 is 13.2 Å². The summed E-state index contributed by atoms with van der Waals surface area (Å²) < 4.78 is 26.9. The molecule has 0 bridgehead atoms. The fraction of sp³-hybridized carbons (Fsp3) is 0.143. The molecule has 0 spiro atoms. The minimum atomic E-state index is -3.71. The predicted molar refractivity (Wildman–Crippen MR) is 52.2 cm³/mol. The summed E-state index contributed by atoms with van der Waals surface area (Å²) in [5.74, 6) is 5.49. The number of primary sulfonamides is 1. The number of nitrogens with one attached hydrogen (secondary N) is 1. The lowest BCUT2D eigenvalue weighted by molar-refractivity contribution is 0.415. The molecule has 0 fully saturated rings. The van der Waals surface area contributed by atoms with Crippen molar-refractivity contribution in [3.05, 3.63) is 18.2 Å². The molecule has 14 heavy (non-hydrogen) atoms. The number of nitrogens with two attached hydrogens (primary N) is 2. The number of hydrogen-bond acceptors (Lipinski definition) is 5. The molecule has 0 aliphatic heterocycles. The van der Waals surface area contributed by atoms with Crippen LogP contribution < -0.4 is 21.1 Å². The highest BCUT2D eigenvalue weighted by Gasteiger charge is 2.11. The normalized spacial score (nSPS) is 11.1. The fourth-order valence-corrected chi connectivity index (χ4v) is 1.50. The number of rotatable bonds is 3. The predicted octanol–water partition coefficient (Wildman–Crippen LogP) is -0.372. The van der Waals surface area contributed by atoms with E-state index in [1.54, 1.807) is 0 Å². The van der Waals surface area contributed by atoms with Gasteiger partial charge in [-0.25, -0.2) is 13.6 Å². The molecule has 1 aromatic rings. The van der Waals surface area contributed by atoms with Crippen LogP contribution in [0.15, 0.2) is 23.1 Å². The van der Waals surface area contributed by atoms with Gasteiger partial charge in [-0.05, 0) is 12.1 Å². The average Bonchev–Trinajstić information content (AvgIpc) is 2.15. The Morgan fingerprint density at radius 3 is 2.50 bits per heavy atom. The number of anilines is 1. The highest BCUT2D eigenvalue weighted by Crippen LogP contribution is 2.25. The molecule has 0 aliphatic rings. The van der Waals surface area contributed by atoms with Gasteiger partial charge in [0.2, 0.25) is 10.0 Å². The quantitative estimate of drug-likeness (QED) is 0.473. The maximum atomic E-state index is 11.0. The van der Waals surface area contributed by atoms with Gasteiger partial charge in [-0.1, -0.05) is 0 Å². The van der Waals surface area contributed by atoms with E-state index in [2.05, 4.69) is 5.43 Å². The lowest BCUT2D eigenvalue weighted by Gasteiger charge is -2.08. The number of sulfonamides is 1. The number of methoxy groups -OCH3 is 1. The van der Waals surface area contributed by atoms with Gasteiger partial charge in [0.15, 0.2) is 0 Å². The van der Waals surface area contributed by atoms with E-state index in [0.29, 0.717) is 11.4 Å². The van der Waals surface area contributed by atoms with E-state index in [1.807, 2.05) is 0 Å². The first-order valence-corrected chi connectivity index (χ1v) is 5.21. The SMILES string of the molecule is COc1cc(S(N)(=O)=O)ccc1NN. The smallest absolute Gasteiger partial charge is 0.238 e. The Bertz CT molecular complexity index is 430. The fourth-order valence-electron chi connectivity index (χ4n) is 0.968. The summed E-state index contributed by atoms with van der Waals surface area (Å²) in [4.78, 5) is -0.0200. The van der Waals surface area contributed by atoms with Gasteiger partial charge in [0.05, 0.1) is 17.7 Å². The number of hydrogen-bond donors (Lipinski definition) is 3. The maximum absolute atomic E-state index is 11.0. The van der Waals surface area contributed by atoms with Crippen molar-refractivity contribution in [3.8, 4) is 5.75 Å². The number of nitrogen functional groups attached to an aromatic ring is 1. The maximum Gasteiger partial charge on any atom is 0.238 e. The molecular weight excluding hydrogens is 206 g/mol. The molecule has 5 N–H and O–H groups in total. The Morgan fingerprint density at radius 1 is 1.43 bits per heavy atom. The first-order chi connectivity index (χ1) is 6.49. The lowest BCUT2D eigenvalue weighted by atomic mass is 10.3. The van der Waals surface area contributed by atoms with Crippen LogP contribution in [-0.4, -0.2) is 15.5 Å². The lowest BCUT2D eigenvalue weighted by Crippen LogP contribution is -2.13. The van der Waals surface area contributed by atoms with Crippen molar-refractivity contribution in [2.24, 2.45) is 11.0 Å². The van der Waals surface area contributed by atoms with Gasteiger partial charge >= 0.3 is 0 Å². The summed E-state index contributed by atoms with van der Waals surface area (Å²) in [6.07, 6.45) is 0. The van der Waals surface area contributed by atoms with Crippen molar-refractivity contribution in [2.75, 3.05) is 12.5 Å². The summed E-state index contributed by atoms with van der Waals surface area (Å²) in [7, 11) is -2.30. The van der Waals surface area contributed by atoms with Gasteiger partial charge in [0.1, 0.15) is 5.75 Å². The van der Waals surface area contributed by atoms with Crippen LogP contribution in [0.1, 0.15) is 0 Å². The van der Waals surface area contributed by atoms with Gasteiger partial charge in [-0.3, -0.25) is 5.84 Å². The molecule has 0 aliphatic carbocycles. The molecule has 0 radical (unpaired) electrons. The first-order valence-electron chi connectivity index (χ1n) is 3.66. The summed E-state index contributed by atoms with van der Waals surface area (Å²) in [6, 6.07) is 4.11. The highest BCUT2D eigenvalue weighted by atomic mass is 32.2. The second-order valence-electron chi connectivity index (χ2n) is 2.55. The molecule has 78 valence electrons. The topological polar surface area (TPSA) is 107 Å². The van der Waals surface area contributed by atoms with E-state index in [9.17, 15) is 8.42 Å². The Morgan fingerprint density at radius 2 is 2.07 bits per heavy atom. The van der Waals surface area contributed by atoms with Gasteiger partial charge in [0.25, 0.3) is 0 Å². The molecule has 6 nitrogen and oxygen atoms in total. The summed E-state index contributed by atoms with van der Waals surface area (Å²) >= 11 is 0. The number of hydrazine groups is 1. The highest BCUT2D eigenvalue weighted by molar-refractivity contribution is 7.89. The zero-order valence-corrected chi connectivity index (χ0v) is 8.34. The third kappa shape index (κ3) is 2.13. The molecule has 0 saturated heterocycles. The minimum absolute atomic E-state index is 0.0200. The van der Waals surface area contributed by atoms with Gasteiger partial charge in [-0.2, -0.15) is 0 Å². The van der Waals surface area contributed by atoms with E-state index in [0.717, 1.165) is 0 Å². The van der Waals surface area contributed by atoms with Crippen molar-refractivity contribution in [1.82, 2.24) is 0 Å². The Balaban J connectivity index is 3.28. The van der Waals surface area contributed by atoms with E-state index in [4.69, 9.17) is 15.7 Å². The van der Waals surface area contributed by atoms with Crippen LogP contribution in [0.3, 0.4) is 0 Å². The molecule has 0 unspecified atom stereocenters. The van der Waals surface area contributed by atoms with Gasteiger partial charge in [0, 0.05) is 6.07 Å². The van der Waals surface area contributed by atoms with Crippen molar-refractivity contribution in [3.63, 3.8) is 0 Å². The zero-order chi connectivity index (χ0) is 10.8. The van der Waals surface area contributed by atoms with Crippen LogP contribution in [0.2, 0.25) is 0 Å². The third-order valence-corrected chi connectivity index (χ3v) is 2.57.